The number of hydrogen-bond acceptors (Lipinski definition) is 3. The average molecular weight is 422 g/mol. The standard InChI is InChI=1S/C20H12F6N4/c21-19(22,23)12-7-9-13(10-8-12)27-15-5-3-4-14(28-15)17-18(20(24,25)26)29-16-6-1-2-11-30(16)17/h1-11H,(H,27,28). The summed E-state index contributed by atoms with van der Waals surface area (Å²) in [6, 6.07) is 13.2. The molecular weight excluding hydrogens is 410 g/mol. The predicted octanol–water partition coefficient (Wildman–Crippen LogP) is 6.18. The fourth-order valence-corrected chi connectivity index (χ4v) is 2.96. The van der Waals surface area contributed by atoms with Crippen LogP contribution >= 0.6 is 0 Å². The maximum absolute atomic E-state index is 13.5. The number of hydrogen-bond donors (Lipinski definition) is 1. The van der Waals surface area contributed by atoms with E-state index in [1.807, 2.05) is 0 Å². The van der Waals surface area contributed by atoms with Crippen LogP contribution in [-0.2, 0) is 12.4 Å². The molecule has 10 heteroatoms. The van der Waals surface area contributed by atoms with Crippen molar-refractivity contribution in [3.05, 3.63) is 78.1 Å². The van der Waals surface area contributed by atoms with E-state index >= 15 is 0 Å². The van der Waals surface area contributed by atoms with Crippen LogP contribution in [0.2, 0.25) is 0 Å². The number of pyridine rings is 2. The van der Waals surface area contributed by atoms with E-state index in [-0.39, 0.29) is 22.9 Å². The summed E-state index contributed by atoms with van der Waals surface area (Å²) in [6.07, 6.45) is -7.71. The summed E-state index contributed by atoms with van der Waals surface area (Å²) in [4.78, 5) is 7.89. The van der Waals surface area contributed by atoms with Crippen molar-refractivity contribution in [2.75, 3.05) is 5.32 Å². The van der Waals surface area contributed by atoms with Gasteiger partial charge in [-0.15, -0.1) is 0 Å². The van der Waals surface area contributed by atoms with E-state index < -0.39 is 23.6 Å². The van der Waals surface area contributed by atoms with E-state index in [0.29, 0.717) is 5.69 Å². The number of benzene rings is 1. The van der Waals surface area contributed by atoms with Gasteiger partial charge in [-0.05, 0) is 48.5 Å². The molecule has 3 aromatic heterocycles. The Morgan fingerprint density at radius 3 is 2.13 bits per heavy atom. The van der Waals surface area contributed by atoms with E-state index in [2.05, 4.69) is 15.3 Å². The maximum Gasteiger partial charge on any atom is 0.435 e. The van der Waals surface area contributed by atoms with Gasteiger partial charge in [-0.25, -0.2) is 9.97 Å². The van der Waals surface area contributed by atoms with Gasteiger partial charge in [-0.3, -0.25) is 4.40 Å². The van der Waals surface area contributed by atoms with Gasteiger partial charge in [0.15, 0.2) is 5.69 Å². The zero-order valence-electron chi connectivity index (χ0n) is 15.0. The first kappa shape index (κ1) is 19.7. The second-order valence-corrected chi connectivity index (χ2v) is 6.34. The Labute approximate surface area is 165 Å². The number of nitrogens with one attached hydrogen (secondary N) is 1. The molecule has 0 unspecified atom stereocenters. The molecule has 0 bridgehead atoms. The molecule has 1 N–H and O–H groups in total. The SMILES string of the molecule is FC(F)(F)c1ccc(Nc2cccc(-c3c(C(F)(F)F)nc4ccccn34)n2)cc1. The Morgan fingerprint density at radius 2 is 1.47 bits per heavy atom. The second-order valence-electron chi connectivity index (χ2n) is 6.34. The van der Waals surface area contributed by atoms with Crippen LogP contribution in [-0.4, -0.2) is 14.4 Å². The zero-order chi connectivity index (χ0) is 21.5. The summed E-state index contributed by atoms with van der Waals surface area (Å²) in [5, 5.41) is 2.80. The molecule has 30 heavy (non-hydrogen) atoms. The zero-order valence-corrected chi connectivity index (χ0v) is 15.0. The molecule has 3 heterocycles. The van der Waals surface area contributed by atoms with Crippen LogP contribution in [0.5, 0.6) is 0 Å². The van der Waals surface area contributed by atoms with Crippen LogP contribution in [0, 0.1) is 0 Å². The molecular formula is C20H12F6N4. The quantitative estimate of drug-likeness (QED) is 0.401. The number of anilines is 2. The van der Waals surface area contributed by atoms with Gasteiger partial charge in [-0.1, -0.05) is 12.1 Å². The number of aromatic nitrogens is 3. The van der Waals surface area contributed by atoms with Crippen LogP contribution in [0.15, 0.2) is 66.9 Å². The van der Waals surface area contributed by atoms with Crippen molar-refractivity contribution in [1.29, 1.82) is 0 Å². The van der Waals surface area contributed by atoms with Gasteiger partial charge in [0.25, 0.3) is 0 Å². The molecule has 154 valence electrons. The number of rotatable bonds is 3. The summed E-state index contributed by atoms with van der Waals surface area (Å²) in [5.41, 5.74) is -1.68. The third-order valence-electron chi connectivity index (χ3n) is 4.27. The van der Waals surface area contributed by atoms with E-state index in [1.54, 1.807) is 12.1 Å². The molecule has 0 aliphatic rings. The number of halogens is 6. The molecule has 0 spiro atoms. The lowest BCUT2D eigenvalue weighted by Gasteiger charge is -2.11. The highest BCUT2D eigenvalue weighted by Crippen LogP contribution is 2.37. The van der Waals surface area contributed by atoms with E-state index in [0.717, 1.165) is 12.1 Å². The Kier molecular flexibility index (Phi) is 4.64. The number of nitrogens with zero attached hydrogens (tertiary/aromatic N) is 3. The molecule has 0 aliphatic heterocycles. The molecule has 0 amide bonds. The van der Waals surface area contributed by atoms with Gasteiger partial charge >= 0.3 is 12.4 Å². The topological polar surface area (TPSA) is 42.2 Å². The molecule has 4 nitrogen and oxygen atoms in total. The molecule has 4 aromatic rings. The first-order chi connectivity index (χ1) is 14.1. The lowest BCUT2D eigenvalue weighted by Crippen LogP contribution is -2.08. The molecule has 0 saturated heterocycles. The average Bonchev–Trinajstić information content (AvgIpc) is 3.08. The predicted molar refractivity (Wildman–Crippen MR) is 98.2 cm³/mol. The van der Waals surface area contributed by atoms with Gasteiger partial charge in [0.05, 0.1) is 11.3 Å². The monoisotopic (exact) mass is 422 g/mol. The normalized spacial score (nSPS) is 12.3. The first-order valence-corrected chi connectivity index (χ1v) is 8.59. The first-order valence-electron chi connectivity index (χ1n) is 8.59. The highest BCUT2D eigenvalue weighted by Gasteiger charge is 2.38. The Hall–Kier alpha value is -3.56. The van der Waals surface area contributed by atoms with Crippen molar-refractivity contribution < 1.29 is 26.3 Å². The molecule has 0 radical (unpaired) electrons. The Balaban J connectivity index is 1.73. The fraction of sp³-hybridized carbons (Fsp3) is 0.100. The van der Waals surface area contributed by atoms with Gasteiger partial charge in [0.2, 0.25) is 0 Å². The van der Waals surface area contributed by atoms with Gasteiger partial charge in [0.1, 0.15) is 17.2 Å². The second kappa shape index (κ2) is 7.05. The molecule has 0 fully saturated rings. The van der Waals surface area contributed by atoms with E-state index in [4.69, 9.17) is 0 Å². The van der Waals surface area contributed by atoms with Crippen molar-refractivity contribution in [1.82, 2.24) is 14.4 Å². The lowest BCUT2D eigenvalue weighted by molar-refractivity contribution is -0.140. The van der Waals surface area contributed by atoms with Crippen molar-refractivity contribution in [2.45, 2.75) is 12.4 Å². The number of imidazole rings is 1. The summed E-state index contributed by atoms with van der Waals surface area (Å²) >= 11 is 0. The van der Waals surface area contributed by atoms with Crippen LogP contribution < -0.4 is 5.32 Å². The minimum Gasteiger partial charge on any atom is -0.340 e. The summed E-state index contributed by atoms with van der Waals surface area (Å²) < 4.78 is 80.0. The highest BCUT2D eigenvalue weighted by atomic mass is 19.4. The fourth-order valence-electron chi connectivity index (χ4n) is 2.96. The largest absolute Gasteiger partial charge is 0.435 e. The van der Waals surface area contributed by atoms with Crippen LogP contribution in [0.4, 0.5) is 37.8 Å². The molecule has 0 aliphatic carbocycles. The molecule has 0 saturated carbocycles. The molecule has 4 rings (SSSR count). The van der Waals surface area contributed by atoms with Crippen LogP contribution in [0.3, 0.4) is 0 Å². The minimum atomic E-state index is -4.69. The summed E-state index contributed by atoms with van der Waals surface area (Å²) in [6.45, 7) is 0. The minimum absolute atomic E-state index is 0.0120. The van der Waals surface area contributed by atoms with Crippen molar-refractivity contribution >= 4 is 17.2 Å². The molecule has 1 aromatic carbocycles. The lowest BCUT2D eigenvalue weighted by atomic mass is 10.2. The molecule has 0 atom stereocenters. The summed E-state index contributed by atoms with van der Waals surface area (Å²) in [5.74, 6) is 0.172. The van der Waals surface area contributed by atoms with Gasteiger partial charge < -0.3 is 5.32 Å². The third kappa shape index (κ3) is 3.80. The Bertz CT molecular complexity index is 1190. The van der Waals surface area contributed by atoms with Crippen molar-refractivity contribution in [3.8, 4) is 11.4 Å². The van der Waals surface area contributed by atoms with Gasteiger partial charge in [-0.2, -0.15) is 26.3 Å². The smallest absolute Gasteiger partial charge is 0.340 e. The van der Waals surface area contributed by atoms with Crippen LogP contribution in [0.25, 0.3) is 17.0 Å². The van der Waals surface area contributed by atoms with Crippen molar-refractivity contribution in [2.24, 2.45) is 0 Å². The highest BCUT2D eigenvalue weighted by molar-refractivity contribution is 5.67. The van der Waals surface area contributed by atoms with Crippen LogP contribution in [0.1, 0.15) is 11.3 Å². The summed E-state index contributed by atoms with van der Waals surface area (Å²) in [7, 11) is 0. The Morgan fingerprint density at radius 1 is 0.733 bits per heavy atom. The third-order valence-corrected chi connectivity index (χ3v) is 4.27. The number of alkyl halides is 6. The maximum atomic E-state index is 13.5. The van der Waals surface area contributed by atoms with Crippen molar-refractivity contribution in [3.63, 3.8) is 0 Å². The number of fused-ring (bicyclic) bond motifs is 1. The van der Waals surface area contributed by atoms with E-state index in [1.165, 1.54) is 47.0 Å². The van der Waals surface area contributed by atoms with E-state index in [9.17, 15) is 26.3 Å². The van der Waals surface area contributed by atoms with Gasteiger partial charge in [0, 0.05) is 11.9 Å².